The molecule has 1 amide bonds. The van der Waals surface area contributed by atoms with E-state index in [9.17, 15) is 9.59 Å². The van der Waals surface area contributed by atoms with Gasteiger partial charge >= 0.3 is 5.97 Å². The fraction of sp³-hybridized carbons (Fsp3) is 0.500. The summed E-state index contributed by atoms with van der Waals surface area (Å²) in [5.41, 5.74) is 0.257. The smallest absolute Gasteiger partial charge is 0.335 e. The van der Waals surface area contributed by atoms with Gasteiger partial charge in [0.1, 0.15) is 0 Å². The van der Waals surface area contributed by atoms with Crippen LogP contribution in [0.5, 0.6) is 0 Å². The molecule has 0 rings (SSSR count). The van der Waals surface area contributed by atoms with Crippen molar-refractivity contribution in [3.05, 3.63) is 12.2 Å². The van der Waals surface area contributed by atoms with Crippen molar-refractivity contribution >= 4 is 11.9 Å². The van der Waals surface area contributed by atoms with Crippen molar-refractivity contribution in [3.8, 4) is 0 Å². The number of esters is 1. The zero-order valence-corrected chi connectivity index (χ0v) is 7.35. The third-order valence-corrected chi connectivity index (χ3v) is 1.11. The summed E-state index contributed by atoms with van der Waals surface area (Å²) >= 11 is 0. The monoisotopic (exact) mass is 171 g/mol. The summed E-state index contributed by atoms with van der Waals surface area (Å²) in [7, 11) is 0. The molecule has 4 nitrogen and oxygen atoms in total. The SMILES string of the molecule is C=C(CNC(C)=O)C(=O)OCC. The Morgan fingerprint density at radius 3 is 2.50 bits per heavy atom. The quantitative estimate of drug-likeness (QED) is 0.487. The van der Waals surface area contributed by atoms with Crippen LogP contribution in [0.15, 0.2) is 12.2 Å². The molecule has 68 valence electrons. The number of hydrogen-bond donors (Lipinski definition) is 1. The molecule has 4 heteroatoms. The maximum Gasteiger partial charge on any atom is 0.335 e. The van der Waals surface area contributed by atoms with E-state index in [2.05, 4.69) is 16.6 Å². The van der Waals surface area contributed by atoms with Gasteiger partial charge in [0.2, 0.25) is 5.91 Å². The minimum atomic E-state index is -0.466. The maximum absolute atomic E-state index is 10.9. The summed E-state index contributed by atoms with van der Waals surface area (Å²) in [6.07, 6.45) is 0. The van der Waals surface area contributed by atoms with Gasteiger partial charge in [-0.1, -0.05) is 6.58 Å². The highest BCUT2D eigenvalue weighted by Gasteiger charge is 2.06. The molecular formula is C8H13NO3. The van der Waals surface area contributed by atoms with E-state index in [1.165, 1.54) is 6.92 Å². The number of hydrogen-bond acceptors (Lipinski definition) is 3. The van der Waals surface area contributed by atoms with Crippen LogP contribution < -0.4 is 5.32 Å². The lowest BCUT2D eigenvalue weighted by Gasteiger charge is -2.04. The fourth-order valence-corrected chi connectivity index (χ4v) is 0.536. The minimum Gasteiger partial charge on any atom is -0.463 e. The molecule has 0 spiro atoms. The Morgan fingerprint density at radius 2 is 2.08 bits per heavy atom. The van der Waals surface area contributed by atoms with Gasteiger partial charge in [-0.2, -0.15) is 0 Å². The van der Waals surface area contributed by atoms with Gasteiger partial charge in [-0.05, 0) is 6.92 Å². The topological polar surface area (TPSA) is 55.4 Å². The second kappa shape index (κ2) is 5.35. The average Bonchev–Trinajstić information content (AvgIpc) is 2.00. The van der Waals surface area contributed by atoms with E-state index in [0.717, 1.165) is 0 Å². The summed E-state index contributed by atoms with van der Waals surface area (Å²) in [5.74, 6) is -0.660. The normalized spacial score (nSPS) is 8.83. The number of nitrogens with one attached hydrogen (secondary N) is 1. The first-order valence-corrected chi connectivity index (χ1v) is 3.67. The van der Waals surface area contributed by atoms with Gasteiger partial charge in [0.25, 0.3) is 0 Å². The first-order valence-electron chi connectivity index (χ1n) is 3.67. The molecule has 0 heterocycles. The van der Waals surface area contributed by atoms with Crippen LogP contribution >= 0.6 is 0 Å². The van der Waals surface area contributed by atoms with E-state index in [1.807, 2.05) is 0 Å². The van der Waals surface area contributed by atoms with Crippen molar-refractivity contribution in [2.75, 3.05) is 13.2 Å². The lowest BCUT2D eigenvalue weighted by atomic mass is 10.3. The zero-order valence-electron chi connectivity index (χ0n) is 7.35. The Kier molecular flexibility index (Phi) is 4.76. The molecule has 0 aromatic heterocycles. The van der Waals surface area contributed by atoms with E-state index in [1.54, 1.807) is 6.92 Å². The predicted octanol–water partition coefficient (Wildman–Crippen LogP) is 0.242. The van der Waals surface area contributed by atoms with Gasteiger partial charge in [-0.3, -0.25) is 4.79 Å². The number of carbonyl (C=O) groups excluding carboxylic acids is 2. The first kappa shape index (κ1) is 10.7. The summed E-state index contributed by atoms with van der Waals surface area (Å²) < 4.78 is 4.65. The zero-order chi connectivity index (χ0) is 9.56. The Labute approximate surface area is 71.6 Å². The first-order chi connectivity index (χ1) is 5.57. The molecule has 1 N–H and O–H groups in total. The van der Waals surface area contributed by atoms with Crippen LogP contribution in [0.3, 0.4) is 0 Å². The van der Waals surface area contributed by atoms with Crippen LogP contribution in [-0.4, -0.2) is 25.0 Å². The van der Waals surface area contributed by atoms with E-state index in [-0.39, 0.29) is 18.0 Å². The van der Waals surface area contributed by atoms with Gasteiger partial charge in [0.15, 0.2) is 0 Å². The van der Waals surface area contributed by atoms with Crippen molar-refractivity contribution in [2.45, 2.75) is 13.8 Å². The molecule has 0 unspecified atom stereocenters. The lowest BCUT2D eigenvalue weighted by molar-refractivity contribution is -0.138. The molecule has 12 heavy (non-hydrogen) atoms. The summed E-state index contributed by atoms with van der Waals surface area (Å²) in [6, 6.07) is 0. The Balaban J connectivity index is 3.72. The van der Waals surface area contributed by atoms with Crippen molar-refractivity contribution in [1.29, 1.82) is 0 Å². The van der Waals surface area contributed by atoms with Crippen LogP contribution in [0.4, 0.5) is 0 Å². The van der Waals surface area contributed by atoms with Gasteiger partial charge in [-0.15, -0.1) is 0 Å². The van der Waals surface area contributed by atoms with Crippen LogP contribution in [0.1, 0.15) is 13.8 Å². The highest BCUT2D eigenvalue weighted by molar-refractivity contribution is 5.89. The molecule has 0 radical (unpaired) electrons. The van der Waals surface area contributed by atoms with Gasteiger partial charge in [-0.25, -0.2) is 4.79 Å². The van der Waals surface area contributed by atoms with Crippen LogP contribution in [0.25, 0.3) is 0 Å². The van der Waals surface area contributed by atoms with Crippen molar-refractivity contribution < 1.29 is 14.3 Å². The number of ether oxygens (including phenoxy) is 1. The summed E-state index contributed by atoms with van der Waals surface area (Å²) in [4.78, 5) is 21.3. The molecule has 0 bridgehead atoms. The average molecular weight is 171 g/mol. The second-order valence-corrected chi connectivity index (χ2v) is 2.23. The Hall–Kier alpha value is -1.32. The molecule has 0 aliphatic rings. The summed E-state index contributed by atoms with van der Waals surface area (Å²) in [6.45, 7) is 7.01. The van der Waals surface area contributed by atoms with E-state index in [0.29, 0.717) is 6.61 Å². The van der Waals surface area contributed by atoms with Crippen LogP contribution in [0, 0.1) is 0 Å². The van der Waals surface area contributed by atoms with E-state index >= 15 is 0 Å². The largest absolute Gasteiger partial charge is 0.463 e. The molecule has 0 aromatic carbocycles. The predicted molar refractivity (Wildman–Crippen MR) is 44.5 cm³/mol. The molecule has 0 aliphatic heterocycles. The standard InChI is InChI=1S/C8H13NO3/c1-4-12-8(11)6(2)5-9-7(3)10/h2,4-5H2,1,3H3,(H,9,10). The van der Waals surface area contributed by atoms with Gasteiger partial charge in [0.05, 0.1) is 6.61 Å². The van der Waals surface area contributed by atoms with Gasteiger partial charge < -0.3 is 10.1 Å². The highest BCUT2D eigenvalue weighted by Crippen LogP contribution is 1.91. The maximum atomic E-state index is 10.9. The summed E-state index contributed by atoms with van der Waals surface area (Å²) in [5, 5.41) is 2.45. The van der Waals surface area contributed by atoms with E-state index in [4.69, 9.17) is 0 Å². The van der Waals surface area contributed by atoms with Crippen molar-refractivity contribution in [3.63, 3.8) is 0 Å². The fourth-order valence-electron chi connectivity index (χ4n) is 0.536. The van der Waals surface area contributed by atoms with Crippen molar-refractivity contribution in [2.24, 2.45) is 0 Å². The molecule has 0 saturated carbocycles. The molecule has 0 aromatic rings. The van der Waals surface area contributed by atoms with Crippen LogP contribution in [-0.2, 0) is 14.3 Å². The van der Waals surface area contributed by atoms with Crippen molar-refractivity contribution in [1.82, 2.24) is 5.32 Å². The van der Waals surface area contributed by atoms with Crippen LogP contribution in [0.2, 0.25) is 0 Å². The third-order valence-electron chi connectivity index (χ3n) is 1.11. The highest BCUT2D eigenvalue weighted by atomic mass is 16.5. The number of carbonyl (C=O) groups is 2. The minimum absolute atomic E-state index is 0.147. The molecule has 0 aliphatic carbocycles. The molecule has 0 fully saturated rings. The molecule has 0 saturated heterocycles. The second-order valence-electron chi connectivity index (χ2n) is 2.23. The third kappa shape index (κ3) is 4.49. The number of amides is 1. The molecule has 0 atom stereocenters. The van der Waals surface area contributed by atoms with E-state index < -0.39 is 5.97 Å². The molecular weight excluding hydrogens is 158 g/mol. The van der Waals surface area contributed by atoms with Gasteiger partial charge in [0, 0.05) is 19.0 Å². The Bertz CT molecular complexity index is 198. The lowest BCUT2D eigenvalue weighted by Crippen LogP contribution is -2.25. The number of rotatable bonds is 4. The Morgan fingerprint density at radius 1 is 1.50 bits per heavy atom.